The fourth-order valence-electron chi connectivity index (χ4n) is 3.39. The highest BCUT2D eigenvalue weighted by atomic mass is 31.1. The number of carbonyl (C=O) groups is 1. The van der Waals surface area contributed by atoms with Gasteiger partial charge < -0.3 is 15.1 Å². The Balaban J connectivity index is 0.000000607. The molecule has 39 heavy (non-hydrogen) atoms. The maximum Gasteiger partial charge on any atom is 0.162 e. The number of hydrogen-bond acceptors (Lipinski definition) is 5. The summed E-state index contributed by atoms with van der Waals surface area (Å²) in [6.45, 7) is 14.8. The molecule has 7 nitrogen and oxygen atoms in total. The van der Waals surface area contributed by atoms with Gasteiger partial charge in [0.05, 0.1) is 17.6 Å². The number of aromatic amines is 1. The first-order valence-electron chi connectivity index (χ1n) is 13.2. The van der Waals surface area contributed by atoms with E-state index in [2.05, 4.69) is 41.0 Å². The van der Waals surface area contributed by atoms with E-state index in [1.165, 1.54) is 6.42 Å². The first kappa shape index (κ1) is 36.4. The number of nitrogens with two attached hydrogens (primary N) is 1. The van der Waals surface area contributed by atoms with Crippen LogP contribution in [-0.4, -0.2) is 50.6 Å². The van der Waals surface area contributed by atoms with E-state index in [1.54, 1.807) is 12.4 Å². The highest BCUT2D eigenvalue weighted by Gasteiger charge is 2.23. The molecule has 4 rings (SSSR count). The Morgan fingerprint density at radius 1 is 1.10 bits per heavy atom. The Bertz CT molecular complexity index is 1080. The van der Waals surface area contributed by atoms with Gasteiger partial charge in [0, 0.05) is 49.9 Å². The average Bonchev–Trinajstić information content (AvgIpc) is 3.58. The van der Waals surface area contributed by atoms with Crippen LogP contribution in [0.3, 0.4) is 0 Å². The number of hydrogen-bond donors (Lipinski definition) is 2. The number of benzene rings is 1. The van der Waals surface area contributed by atoms with Crippen molar-refractivity contribution in [1.29, 1.82) is 0 Å². The first-order valence-corrected chi connectivity index (χ1v) is 14.1. The zero-order valence-electron chi connectivity index (χ0n) is 24.0. The number of aldehydes is 1. The molecule has 3 N–H and O–H groups in total. The average molecular weight is 575 g/mol. The summed E-state index contributed by atoms with van der Waals surface area (Å²) in [6, 6.07) is 0.648. The van der Waals surface area contributed by atoms with Crippen molar-refractivity contribution in [2.45, 2.75) is 79.9 Å². The van der Waals surface area contributed by atoms with Crippen LogP contribution in [0.2, 0.25) is 0 Å². The van der Waals surface area contributed by atoms with E-state index in [1.807, 2.05) is 32.3 Å². The van der Waals surface area contributed by atoms with Crippen molar-refractivity contribution in [2.75, 3.05) is 13.6 Å². The van der Waals surface area contributed by atoms with E-state index >= 15 is 0 Å². The standard InChI is InChI=1S/C10H10F3NO.C10H13FN5P.C3H8.2C2H6/c11-8-5-10(13)9(12)4-6(8)3-7(14)1-2-15;1-15-2-3-16-8(6-15)9(14-10(16)17-11)7-4-12-13-5-7;1-3-2;2*1-2/h2,4-5,7H,1,3,14H2;4-5,17H,2-3,6H2,1H3,(H,12,13);3H2,1-2H3;2*1-2H3. The van der Waals surface area contributed by atoms with Gasteiger partial charge in [-0.3, -0.25) is 10.00 Å². The normalized spacial score (nSPS) is 12.9. The fraction of sp³-hybridized carbons (Fsp3) is 0.519. The first-order chi connectivity index (χ1) is 18.7. The molecule has 0 saturated carbocycles. The second-order valence-electron chi connectivity index (χ2n) is 8.13. The van der Waals surface area contributed by atoms with Crippen molar-refractivity contribution < 1.29 is 22.2 Å². The molecule has 0 saturated heterocycles. The smallest absolute Gasteiger partial charge is 0.162 e. The molecule has 3 heterocycles. The summed E-state index contributed by atoms with van der Waals surface area (Å²) in [5.41, 5.74) is 8.84. The third-order valence-electron chi connectivity index (χ3n) is 5.02. The summed E-state index contributed by atoms with van der Waals surface area (Å²) < 4.78 is 53.3. The second kappa shape index (κ2) is 20.3. The topological polar surface area (TPSA) is 92.8 Å². The van der Waals surface area contributed by atoms with Gasteiger partial charge in [-0.1, -0.05) is 48.0 Å². The number of carbonyl (C=O) groups excluding carboxylic acids is 1. The van der Waals surface area contributed by atoms with E-state index in [0.29, 0.717) is 17.9 Å². The molecular formula is C27H43F4N6OP. The molecule has 2 unspecified atom stereocenters. The lowest BCUT2D eigenvalue weighted by Crippen LogP contribution is -2.33. The molecule has 12 heteroatoms. The van der Waals surface area contributed by atoms with E-state index in [0.717, 1.165) is 42.7 Å². The van der Waals surface area contributed by atoms with Crippen LogP contribution in [0.1, 0.15) is 65.6 Å². The molecule has 0 fully saturated rings. The minimum Gasteiger partial charge on any atom is -0.327 e. The zero-order valence-corrected chi connectivity index (χ0v) is 25.0. The van der Waals surface area contributed by atoms with Gasteiger partial charge in [0.25, 0.3) is 0 Å². The number of likely N-dealkylation sites (N-methyl/N-ethyl adjacent to an activating group) is 1. The molecule has 0 aliphatic carbocycles. The van der Waals surface area contributed by atoms with Crippen molar-refractivity contribution >= 4 is 20.7 Å². The van der Waals surface area contributed by atoms with Gasteiger partial charge in [-0.2, -0.15) is 5.10 Å². The molecule has 2 aromatic heterocycles. The maximum atomic E-state index is 13.1. The summed E-state index contributed by atoms with van der Waals surface area (Å²) in [5.74, 6) is -3.21. The predicted octanol–water partition coefficient (Wildman–Crippen LogP) is 5.94. The van der Waals surface area contributed by atoms with Crippen LogP contribution in [0.25, 0.3) is 11.3 Å². The van der Waals surface area contributed by atoms with Crippen LogP contribution in [0.4, 0.5) is 17.4 Å². The van der Waals surface area contributed by atoms with Gasteiger partial charge in [-0.25, -0.2) is 22.4 Å². The third-order valence-corrected chi connectivity index (χ3v) is 5.57. The summed E-state index contributed by atoms with van der Waals surface area (Å²) in [4.78, 5) is 16.7. The second-order valence-corrected chi connectivity index (χ2v) is 8.77. The zero-order chi connectivity index (χ0) is 30.0. The minimum absolute atomic E-state index is 0.00176. The number of H-pyrrole nitrogens is 1. The quantitative estimate of drug-likeness (QED) is 0.165. The highest BCUT2D eigenvalue weighted by molar-refractivity contribution is 7.40. The van der Waals surface area contributed by atoms with E-state index in [-0.39, 0.29) is 18.4 Å². The summed E-state index contributed by atoms with van der Waals surface area (Å²) in [7, 11) is 1.30. The number of imidazole rings is 1. The van der Waals surface area contributed by atoms with Crippen molar-refractivity contribution in [3.8, 4) is 11.3 Å². The Morgan fingerprint density at radius 2 is 1.72 bits per heavy atom. The van der Waals surface area contributed by atoms with Crippen LogP contribution in [0.15, 0.2) is 24.5 Å². The largest absolute Gasteiger partial charge is 0.327 e. The van der Waals surface area contributed by atoms with Crippen molar-refractivity contribution in [3.05, 3.63) is 53.2 Å². The van der Waals surface area contributed by atoms with Crippen molar-refractivity contribution in [2.24, 2.45) is 5.73 Å². The van der Waals surface area contributed by atoms with E-state index < -0.39 is 32.4 Å². The van der Waals surface area contributed by atoms with E-state index in [9.17, 15) is 22.2 Å². The molecule has 0 radical (unpaired) electrons. The monoisotopic (exact) mass is 574 g/mol. The molecule has 2 atom stereocenters. The molecule has 0 spiro atoms. The summed E-state index contributed by atoms with van der Waals surface area (Å²) >= 11 is 0. The lowest BCUT2D eigenvalue weighted by Gasteiger charge is -2.25. The lowest BCUT2D eigenvalue weighted by atomic mass is 10.0. The van der Waals surface area contributed by atoms with Gasteiger partial charge in [-0.15, -0.1) is 0 Å². The minimum atomic E-state index is -1.24. The van der Waals surface area contributed by atoms with Crippen molar-refractivity contribution in [1.82, 2.24) is 24.6 Å². The van der Waals surface area contributed by atoms with Crippen LogP contribution >= 0.6 is 8.89 Å². The van der Waals surface area contributed by atoms with Crippen molar-refractivity contribution in [3.63, 3.8) is 0 Å². The highest BCUT2D eigenvalue weighted by Crippen LogP contribution is 2.26. The Morgan fingerprint density at radius 3 is 2.26 bits per heavy atom. The van der Waals surface area contributed by atoms with Crippen LogP contribution in [-0.2, 0) is 24.3 Å². The predicted molar refractivity (Wildman–Crippen MR) is 153 cm³/mol. The number of nitrogens with one attached hydrogen (secondary N) is 1. The SMILES string of the molecule is CC.CC.CCC.CN1CCn2c(PF)nc(-c3cn[nH]c3)c2C1.NC(CC=O)Cc1cc(F)c(F)cc1F. The van der Waals surface area contributed by atoms with Crippen LogP contribution in [0, 0.1) is 17.5 Å². The van der Waals surface area contributed by atoms with Gasteiger partial charge in [0.15, 0.2) is 17.2 Å². The Labute approximate surface area is 231 Å². The third kappa shape index (κ3) is 11.6. The van der Waals surface area contributed by atoms with Gasteiger partial charge >= 0.3 is 0 Å². The molecule has 0 amide bonds. The number of nitrogens with zero attached hydrogens (tertiary/aromatic N) is 4. The summed E-state index contributed by atoms with van der Waals surface area (Å²) in [6.07, 6.45) is 5.43. The molecule has 3 aromatic rings. The van der Waals surface area contributed by atoms with Gasteiger partial charge in [0.2, 0.25) is 0 Å². The number of aromatic nitrogens is 4. The fourth-order valence-corrected chi connectivity index (χ4v) is 3.89. The van der Waals surface area contributed by atoms with Crippen LogP contribution in [0.5, 0.6) is 0 Å². The molecule has 1 aliphatic heterocycles. The molecule has 220 valence electrons. The molecule has 1 aromatic carbocycles. The number of halogens is 4. The Kier molecular flexibility index (Phi) is 18.9. The molecule has 0 bridgehead atoms. The Hall–Kier alpha value is -2.62. The number of rotatable bonds is 6. The van der Waals surface area contributed by atoms with Gasteiger partial charge in [0.1, 0.15) is 21.0 Å². The summed E-state index contributed by atoms with van der Waals surface area (Å²) in [5, 5.41) is 6.69. The lowest BCUT2D eigenvalue weighted by molar-refractivity contribution is -0.108. The molecular weight excluding hydrogens is 531 g/mol. The number of fused-ring (bicyclic) bond motifs is 1. The van der Waals surface area contributed by atoms with Gasteiger partial charge in [-0.05, 0) is 25.1 Å². The maximum absolute atomic E-state index is 13.1. The van der Waals surface area contributed by atoms with E-state index in [4.69, 9.17) is 5.73 Å². The molecule has 1 aliphatic rings. The van der Waals surface area contributed by atoms with Crippen LogP contribution < -0.4 is 11.3 Å².